The van der Waals surface area contributed by atoms with Gasteiger partial charge in [-0.15, -0.1) is 0 Å². The van der Waals surface area contributed by atoms with Crippen molar-refractivity contribution in [1.82, 2.24) is 5.32 Å². The molecule has 0 saturated heterocycles. The van der Waals surface area contributed by atoms with Gasteiger partial charge in [-0.1, -0.05) is 11.8 Å². The minimum absolute atomic E-state index is 0.128. The molecule has 1 aliphatic heterocycles. The highest BCUT2D eigenvalue weighted by Gasteiger charge is 2.35. The smallest absolute Gasteiger partial charge is 0.334 e. The van der Waals surface area contributed by atoms with Gasteiger partial charge in [0.2, 0.25) is 0 Å². The van der Waals surface area contributed by atoms with Crippen LogP contribution < -0.4 is 10.0 Å². The Morgan fingerprint density at radius 2 is 1.86 bits per heavy atom. The summed E-state index contributed by atoms with van der Waals surface area (Å²) in [5, 5.41) is 33.2. The van der Waals surface area contributed by atoms with E-state index in [4.69, 9.17) is 0 Å². The van der Waals surface area contributed by atoms with Gasteiger partial charge in [-0.2, -0.15) is 4.73 Å². The molecule has 8 heteroatoms. The summed E-state index contributed by atoms with van der Waals surface area (Å²) in [6.45, 7) is 0. The molecule has 1 aromatic heterocycles. The van der Waals surface area contributed by atoms with Gasteiger partial charge in [-0.25, -0.2) is 9.59 Å². The van der Waals surface area contributed by atoms with Crippen molar-refractivity contribution in [3.05, 3.63) is 52.6 Å². The molecule has 2 heterocycles. The van der Waals surface area contributed by atoms with Gasteiger partial charge < -0.3 is 20.7 Å². The normalized spacial score (nSPS) is 14.9. The molecule has 110 valence electrons. The number of carbonyl (C=O) groups is 2. The van der Waals surface area contributed by atoms with Crippen molar-refractivity contribution >= 4 is 23.7 Å². The number of aromatic nitrogens is 1. The molecule has 0 aliphatic carbocycles. The van der Waals surface area contributed by atoms with Gasteiger partial charge in [0.15, 0.2) is 6.20 Å². The van der Waals surface area contributed by atoms with Crippen molar-refractivity contribution in [2.24, 2.45) is 0 Å². The molecule has 0 saturated carbocycles. The zero-order valence-corrected chi connectivity index (χ0v) is 11.8. The first-order valence-electron chi connectivity index (χ1n) is 5.86. The predicted octanol–water partition coefficient (Wildman–Crippen LogP) is 0.666. The van der Waals surface area contributed by atoms with Crippen LogP contribution in [-0.2, 0) is 9.59 Å². The maximum atomic E-state index is 11.8. The standard InChI is InChI=1S/C13H12N2O5S/c1-21-11-7(3-2-4-15(11)20)10-8(12(16)17)5-14-6-9(10)13(18)19/h2-6,10,14H,1H3,(H,16,17)(H,18,19). The zero-order chi connectivity index (χ0) is 15.6. The van der Waals surface area contributed by atoms with Gasteiger partial charge in [0, 0.05) is 24.0 Å². The van der Waals surface area contributed by atoms with Gasteiger partial charge in [-0.3, -0.25) is 0 Å². The van der Waals surface area contributed by atoms with Gasteiger partial charge in [0.1, 0.15) is 0 Å². The van der Waals surface area contributed by atoms with Crippen LogP contribution in [-0.4, -0.2) is 28.4 Å². The Labute approximate surface area is 124 Å². The van der Waals surface area contributed by atoms with E-state index in [0.717, 1.165) is 11.8 Å². The fourth-order valence-electron chi connectivity index (χ4n) is 2.18. The number of nitrogens with zero attached hydrogens (tertiary/aromatic N) is 1. The Balaban J connectivity index is 2.65. The van der Waals surface area contributed by atoms with Crippen LogP contribution in [0.1, 0.15) is 11.5 Å². The fourth-order valence-corrected chi connectivity index (χ4v) is 2.84. The summed E-state index contributed by atoms with van der Waals surface area (Å²) in [6.07, 6.45) is 5.41. The number of nitrogens with one attached hydrogen (secondary N) is 1. The third kappa shape index (κ3) is 2.70. The van der Waals surface area contributed by atoms with Crippen molar-refractivity contribution in [3.63, 3.8) is 0 Å². The molecule has 0 fully saturated rings. The fraction of sp³-hybridized carbons (Fsp3) is 0.154. The van der Waals surface area contributed by atoms with E-state index in [2.05, 4.69) is 5.32 Å². The lowest BCUT2D eigenvalue weighted by molar-refractivity contribution is -0.646. The van der Waals surface area contributed by atoms with Crippen LogP contribution in [0.3, 0.4) is 0 Å². The molecule has 0 aromatic carbocycles. The molecule has 0 bridgehead atoms. The third-order valence-corrected chi connectivity index (χ3v) is 3.84. The topological polar surface area (TPSA) is 114 Å². The first-order chi connectivity index (χ1) is 9.97. The van der Waals surface area contributed by atoms with Gasteiger partial charge >= 0.3 is 11.9 Å². The highest BCUT2D eigenvalue weighted by molar-refractivity contribution is 7.98. The molecule has 0 amide bonds. The molecular weight excluding hydrogens is 296 g/mol. The van der Waals surface area contributed by atoms with E-state index in [0.29, 0.717) is 10.3 Å². The third-order valence-electron chi connectivity index (χ3n) is 3.04. The highest BCUT2D eigenvalue weighted by atomic mass is 32.2. The van der Waals surface area contributed by atoms with Gasteiger partial charge in [0.25, 0.3) is 5.03 Å². The number of carboxylic acid groups (broad SMARTS) is 2. The molecule has 2 rings (SSSR count). The molecule has 21 heavy (non-hydrogen) atoms. The summed E-state index contributed by atoms with van der Waals surface area (Å²) < 4.78 is 0.598. The average molecular weight is 308 g/mol. The maximum Gasteiger partial charge on any atom is 0.334 e. The van der Waals surface area contributed by atoms with Gasteiger partial charge in [0.05, 0.1) is 17.1 Å². The number of pyridine rings is 1. The van der Waals surface area contributed by atoms with E-state index >= 15 is 0 Å². The SMILES string of the molecule is CSc1c(C2C(C(=O)O)=CNC=C2C(=O)O)ccc[n+]1[O-]. The van der Waals surface area contributed by atoms with Crippen molar-refractivity contribution in [2.45, 2.75) is 10.9 Å². The summed E-state index contributed by atoms with van der Waals surface area (Å²) in [4.78, 5) is 22.7. The van der Waals surface area contributed by atoms with E-state index in [1.165, 1.54) is 24.7 Å². The second kappa shape index (κ2) is 5.88. The number of dihydropyridines is 1. The highest BCUT2D eigenvalue weighted by Crippen LogP contribution is 2.37. The summed E-state index contributed by atoms with van der Waals surface area (Å²) in [6, 6.07) is 3.02. The lowest BCUT2D eigenvalue weighted by Crippen LogP contribution is -2.32. The summed E-state index contributed by atoms with van der Waals surface area (Å²) in [5.74, 6) is -3.49. The number of hydrogen-bond donors (Lipinski definition) is 3. The van der Waals surface area contributed by atoms with Gasteiger partial charge in [-0.05, 0) is 12.3 Å². The van der Waals surface area contributed by atoms with Crippen LogP contribution in [0.5, 0.6) is 0 Å². The second-order valence-electron chi connectivity index (χ2n) is 4.21. The Morgan fingerprint density at radius 1 is 1.29 bits per heavy atom. The monoisotopic (exact) mass is 308 g/mol. The van der Waals surface area contributed by atoms with E-state index < -0.39 is 17.9 Å². The quantitative estimate of drug-likeness (QED) is 0.425. The van der Waals surface area contributed by atoms with Crippen LogP contribution in [0.4, 0.5) is 0 Å². The Bertz CT molecular complexity index is 639. The summed E-state index contributed by atoms with van der Waals surface area (Å²) in [5.41, 5.74) is 0.0941. The van der Waals surface area contributed by atoms with Crippen LogP contribution >= 0.6 is 11.8 Å². The van der Waals surface area contributed by atoms with Crippen molar-refractivity contribution in [1.29, 1.82) is 0 Å². The van der Waals surface area contributed by atoms with Crippen molar-refractivity contribution in [3.8, 4) is 0 Å². The van der Waals surface area contributed by atoms with E-state index in [1.807, 2.05) is 0 Å². The first-order valence-corrected chi connectivity index (χ1v) is 7.08. The van der Waals surface area contributed by atoms with Crippen molar-refractivity contribution < 1.29 is 24.5 Å². The summed E-state index contributed by atoms with van der Waals surface area (Å²) in [7, 11) is 0. The van der Waals surface area contributed by atoms with E-state index in [9.17, 15) is 25.0 Å². The molecule has 3 N–H and O–H groups in total. The minimum atomic E-state index is -1.24. The molecular formula is C13H12N2O5S. The number of rotatable bonds is 4. The molecule has 0 unspecified atom stereocenters. The largest absolute Gasteiger partial charge is 0.618 e. The zero-order valence-electron chi connectivity index (χ0n) is 10.9. The van der Waals surface area contributed by atoms with E-state index in [-0.39, 0.29) is 16.2 Å². The van der Waals surface area contributed by atoms with Crippen LogP contribution in [0.15, 0.2) is 46.9 Å². The minimum Gasteiger partial charge on any atom is -0.618 e. The molecule has 0 spiro atoms. The number of aliphatic carboxylic acids is 2. The Kier molecular flexibility index (Phi) is 4.18. The van der Waals surface area contributed by atoms with E-state index in [1.54, 1.807) is 12.3 Å². The Morgan fingerprint density at radius 3 is 2.33 bits per heavy atom. The number of hydrogen-bond acceptors (Lipinski definition) is 5. The Hall–Kier alpha value is -2.48. The van der Waals surface area contributed by atoms with Crippen LogP contribution in [0, 0.1) is 5.21 Å². The molecule has 0 atom stereocenters. The lowest BCUT2D eigenvalue weighted by Gasteiger charge is -2.23. The molecule has 0 radical (unpaired) electrons. The number of carboxylic acids is 2. The lowest BCUT2D eigenvalue weighted by atomic mass is 9.84. The second-order valence-corrected chi connectivity index (χ2v) is 5.00. The van der Waals surface area contributed by atoms with Crippen LogP contribution in [0.2, 0.25) is 0 Å². The molecule has 1 aromatic rings. The van der Waals surface area contributed by atoms with Crippen LogP contribution in [0.25, 0.3) is 0 Å². The average Bonchev–Trinajstić information content (AvgIpc) is 2.45. The predicted molar refractivity (Wildman–Crippen MR) is 74.5 cm³/mol. The number of thioether (sulfide) groups is 1. The maximum absolute atomic E-state index is 11.8. The molecule has 1 aliphatic rings. The van der Waals surface area contributed by atoms with Crippen molar-refractivity contribution in [2.75, 3.05) is 6.26 Å². The molecule has 7 nitrogen and oxygen atoms in total. The first kappa shape index (κ1) is 14.9. The summed E-state index contributed by atoms with van der Waals surface area (Å²) >= 11 is 1.13.